The number of aliphatic imine (C=N–C) groups is 1. The van der Waals surface area contributed by atoms with Crippen molar-refractivity contribution in [3.63, 3.8) is 0 Å². The second-order valence-corrected chi connectivity index (χ2v) is 9.86. The summed E-state index contributed by atoms with van der Waals surface area (Å²) in [6.45, 7) is 3.70. The Bertz CT molecular complexity index is 994. The topological polar surface area (TPSA) is 36.9 Å². The number of piperidine rings is 1. The van der Waals surface area contributed by atoms with Gasteiger partial charge in [0, 0.05) is 6.54 Å². The number of hydrogen-bond donors (Lipinski definition) is 1. The molecule has 1 aliphatic carbocycles. The number of benzene rings is 2. The van der Waals surface area contributed by atoms with E-state index in [-0.39, 0.29) is 17.9 Å². The first-order valence-electron chi connectivity index (χ1n) is 12.3. The fourth-order valence-electron chi connectivity index (χ4n) is 5.86. The van der Waals surface area contributed by atoms with Crippen LogP contribution >= 0.6 is 0 Å². The average Bonchev–Trinajstić information content (AvgIpc) is 3.29. The van der Waals surface area contributed by atoms with Crippen LogP contribution in [-0.2, 0) is 11.2 Å². The maximum atomic E-state index is 13.7. The van der Waals surface area contributed by atoms with E-state index in [1.54, 1.807) is 12.1 Å². The number of nitrogens with one attached hydrogen (secondary N) is 1. The van der Waals surface area contributed by atoms with Gasteiger partial charge in [0.25, 0.3) is 6.02 Å². The van der Waals surface area contributed by atoms with Gasteiger partial charge >= 0.3 is 0 Å². The van der Waals surface area contributed by atoms with E-state index in [0.29, 0.717) is 12.5 Å². The number of fused-ring (bicyclic) bond motifs is 1. The highest BCUT2D eigenvalue weighted by Crippen LogP contribution is 2.41. The minimum absolute atomic E-state index is 0.0142. The number of amidine groups is 1. The molecule has 0 radical (unpaired) electrons. The van der Waals surface area contributed by atoms with E-state index >= 15 is 0 Å². The molecule has 0 unspecified atom stereocenters. The maximum Gasteiger partial charge on any atom is 0.288 e. The Morgan fingerprint density at radius 1 is 0.969 bits per heavy atom. The second-order valence-electron chi connectivity index (χ2n) is 9.86. The Labute approximate surface area is 189 Å². The molecule has 1 saturated heterocycles. The molecule has 168 valence electrons. The molecule has 3 aliphatic heterocycles. The molecular formula is C27H32FN3O. The molecule has 4 aliphatic rings. The Morgan fingerprint density at radius 2 is 1.75 bits per heavy atom. The number of ether oxygens (including phenoxy) is 1. The Hall–Kier alpha value is -2.40. The van der Waals surface area contributed by atoms with Crippen molar-refractivity contribution in [1.82, 2.24) is 10.2 Å². The predicted octanol–water partition coefficient (Wildman–Crippen LogP) is 4.80. The lowest BCUT2D eigenvalue weighted by atomic mass is 9.78. The van der Waals surface area contributed by atoms with E-state index in [9.17, 15) is 4.39 Å². The highest BCUT2D eigenvalue weighted by atomic mass is 19.1. The SMILES string of the molecule is Fc1ccc([C@H]2c3ccc(C4CCC4)cc3CCN2C2=N[C@@H](C3CCNCC3)CO2)cc1. The molecule has 1 N–H and O–H groups in total. The third-order valence-corrected chi connectivity index (χ3v) is 7.99. The fraction of sp³-hybridized carbons (Fsp3) is 0.519. The first kappa shape index (κ1) is 20.2. The zero-order chi connectivity index (χ0) is 21.5. The number of halogens is 1. The largest absolute Gasteiger partial charge is 0.463 e. The third kappa shape index (κ3) is 3.71. The molecule has 32 heavy (non-hydrogen) atoms. The van der Waals surface area contributed by atoms with Gasteiger partial charge in [-0.05, 0) is 91.4 Å². The van der Waals surface area contributed by atoms with Crippen molar-refractivity contribution in [2.75, 3.05) is 26.2 Å². The van der Waals surface area contributed by atoms with Gasteiger partial charge in [-0.3, -0.25) is 0 Å². The summed E-state index contributed by atoms with van der Waals surface area (Å²) in [4.78, 5) is 7.41. The van der Waals surface area contributed by atoms with Gasteiger partial charge in [0.1, 0.15) is 12.4 Å². The van der Waals surface area contributed by atoms with E-state index in [1.165, 1.54) is 48.8 Å². The summed E-state index contributed by atoms with van der Waals surface area (Å²) < 4.78 is 19.9. The molecule has 0 spiro atoms. The molecule has 0 bridgehead atoms. The van der Waals surface area contributed by atoms with E-state index in [1.807, 2.05) is 12.1 Å². The van der Waals surface area contributed by atoms with Crippen LogP contribution in [0.1, 0.15) is 66.3 Å². The van der Waals surface area contributed by atoms with Gasteiger partial charge in [0.05, 0.1) is 12.1 Å². The van der Waals surface area contributed by atoms with Crippen LogP contribution in [0, 0.1) is 11.7 Å². The molecule has 2 fully saturated rings. The maximum absolute atomic E-state index is 13.7. The van der Waals surface area contributed by atoms with E-state index in [2.05, 4.69) is 28.4 Å². The van der Waals surface area contributed by atoms with Crippen LogP contribution in [0.15, 0.2) is 47.5 Å². The smallest absolute Gasteiger partial charge is 0.288 e. The standard InChI is InChI=1S/C27H32FN3O/c28-23-7-4-20(5-8-23)26-24-9-6-21(18-2-1-3-18)16-22(24)12-15-31(26)27-30-25(17-32-27)19-10-13-29-14-11-19/h4-9,16,18-19,25-26,29H,1-3,10-15,17H2/t25-,26+/m1/s1. The fourth-order valence-corrected chi connectivity index (χ4v) is 5.86. The van der Waals surface area contributed by atoms with Crippen LogP contribution in [0.5, 0.6) is 0 Å². The summed E-state index contributed by atoms with van der Waals surface area (Å²) in [5.74, 6) is 1.13. The second kappa shape index (κ2) is 8.51. The molecule has 2 atom stereocenters. The average molecular weight is 434 g/mol. The predicted molar refractivity (Wildman–Crippen MR) is 124 cm³/mol. The van der Waals surface area contributed by atoms with Crippen molar-refractivity contribution in [2.45, 2.75) is 56.5 Å². The van der Waals surface area contributed by atoms with Crippen molar-refractivity contribution in [1.29, 1.82) is 0 Å². The first-order chi connectivity index (χ1) is 15.8. The minimum Gasteiger partial charge on any atom is -0.463 e. The number of hydrogen-bond acceptors (Lipinski definition) is 4. The van der Waals surface area contributed by atoms with Gasteiger partial charge < -0.3 is 15.0 Å². The van der Waals surface area contributed by atoms with Crippen molar-refractivity contribution in [3.8, 4) is 0 Å². The Kier molecular flexibility index (Phi) is 5.38. The normalized spacial score (nSPS) is 26.3. The molecule has 0 amide bonds. The first-order valence-corrected chi connectivity index (χ1v) is 12.3. The van der Waals surface area contributed by atoms with Gasteiger partial charge in [-0.25, -0.2) is 9.38 Å². The monoisotopic (exact) mass is 433 g/mol. The van der Waals surface area contributed by atoms with Gasteiger partial charge in [0.2, 0.25) is 0 Å². The summed E-state index contributed by atoms with van der Waals surface area (Å²) in [6, 6.07) is 15.1. The molecule has 2 aromatic rings. The summed E-state index contributed by atoms with van der Waals surface area (Å²) in [6.07, 6.45) is 7.30. The molecule has 6 rings (SSSR count). The summed E-state index contributed by atoms with van der Waals surface area (Å²) in [5, 5.41) is 3.45. The van der Waals surface area contributed by atoms with Gasteiger partial charge in [0.15, 0.2) is 0 Å². The van der Waals surface area contributed by atoms with Gasteiger partial charge in [-0.15, -0.1) is 0 Å². The number of rotatable bonds is 3. The van der Waals surface area contributed by atoms with E-state index in [4.69, 9.17) is 9.73 Å². The van der Waals surface area contributed by atoms with Gasteiger partial charge in [-0.2, -0.15) is 0 Å². The highest BCUT2D eigenvalue weighted by molar-refractivity contribution is 5.77. The van der Waals surface area contributed by atoms with E-state index in [0.717, 1.165) is 43.6 Å². The van der Waals surface area contributed by atoms with Crippen LogP contribution in [0.2, 0.25) is 0 Å². The summed E-state index contributed by atoms with van der Waals surface area (Å²) in [7, 11) is 0. The molecule has 3 heterocycles. The Morgan fingerprint density at radius 3 is 2.50 bits per heavy atom. The molecule has 0 aromatic heterocycles. The quantitative estimate of drug-likeness (QED) is 0.756. The van der Waals surface area contributed by atoms with Crippen molar-refractivity contribution < 1.29 is 9.13 Å². The van der Waals surface area contributed by atoms with Crippen LogP contribution in [0.25, 0.3) is 0 Å². The van der Waals surface area contributed by atoms with Gasteiger partial charge in [-0.1, -0.05) is 36.8 Å². The van der Waals surface area contributed by atoms with Crippen molar-refractivity contribution in [3.05, 3.63) is 70.5 Å². The van der Waals surface area contributed by atoms with Crippen molar-refractivity contribution >= 4 is 6.02 Å². The minimum atomic E-state index is -0.197. The Balaban J connectivity index is 1.34. The number of nitrogens with zero attached hydrogens (tertiary/aromatic N) is 2. The molecule has 1 saturated carbocycles. The lowest BCUT2D eigenvalue weighted by molar-refractivity contribution is 0.204. The molecule has 2 aromatic carbocycles. The summed E-state index contributed by atoms with van der Waals surface area (Å²) in [5.41, 5.74) is 5.32. The summed E-state index contributed by atoms with van der Waals surface area (Å²) >= 11 is 0. The van der Waals surface area contributed by atoms with E-state index < -0.39 is 0 Å². The van der Waals surface area contributed by atoms with Crippen molar-refractivity contribution in [2.24, 2.45) is 10.9 Å². The zero-order valence-electron chi connectivity index (χ0n) is 18.6. The molecule has 5 heteroatoms. The van der Waals surface area contributed by atoms with Crippen LogP contribution in [0.3, 0.4) is 0 Å². The highest BCUT2D eigenvalue weighted by Gasteiger charge is 2.37. The van der Waals surface area contributed by atoms with Crippen LogP contribution < -0.4 is 5.32 Å². The zero-order valence-corrected chi connectivity index (χ0v) is 18.6. The van der Waals surface area contributed by atoms with Crippen LogP contribution in [0.4, 0.5) is 4.39 Å². The third-order valence-electron chi connectivity index (χ3n) is 7.99. The molecular weight excluding hydrogens is 401 g/mol. The lowest BCUT2D eigenvalue weighted by Crippen LogP contribution is -2.41. The van der Waals surface area contributed by atoms with Crippen LogP contribution in [-0.4, -0.2) is 43.2 Å². The molecule has 4 nitrogen and oxygen atoms in total. The lowest BCUT2D eigenvalue weighted by Gasteiger charge is -2.39.